The van der Waals surface area contributed by atoms with Crippen molar-refractivity contribution < 1.29 is 0 Å². The summed E-state index contributed by atoms with van der Waals surface area (Å²) in [5.41, 5.74) is 7.56. The van der Waals surface area contributed by atoms with Crippen LogP contribution < -0.4 is 5.32 Å². The maximum atomic E-state index is 4.60. The van der Waals surface area contributed by atoms with Crippen LogP contribution >= 0.6 is 0 Å². The molecule has 96 valence electrons. The maximum absolute atomic E-state index is 4.60. The number of hydrogen-bond donors (Lipinski definition) is 1. The first-order valence-electron chi connectivity index (χ1n) is 6.63. The maximum Gasteiger partial charge on any atom is 0.133 e. The van der Waals surface area contributed by atoms with Gasteiger partial charge < -0.3 is 5.32 Å². The molecule has 3 rings (SSSR count). The summed E-state index contributed by atoms with van der Waals surface area (Å²) < 4.78 is 0. The molecule has 0 aromatic heterocycles. The van der Waals surface area contributed by atoms with Crippen molar-refractivity contribution >= 4 is 11.5 Å². The number of fused-ring (bicyclic) bond motifs is 1. The number of anilines is 1. The molecule has 0 radical (unpaired) electrons. The molecule has 0 bridgehead atoms. The lowest BCUT2D eigenvalue weighted by Gasteiger charge is -2.13. The molecule has 0 fully saturated rings. The Labute approximate surface area is 114 Å². The van der Waals surface area contributed by atoms with Gasteiger partial charge in [-0.15, -0.1) is 0 Å². The summed E-state index contributed by atoms with van der Waals surface area (Å²) in [6.07, 6.45) is 0. The molecule has 0 saturated heterocycles. The Morgan fingerprint density at radius 2 is 1.84 bits per heavy atom. The molecule has 1 aliphatic heterocycles. The van der Waals surface area contributed by atoms with E-state index in [-0.39, 0.29) is 0 Å². The van der Waals surface area contributed by atoms with Gasteiger partial charge >= 0.3 is 0 Å². The first-order chi connectivity index (χ1) is 9.15. The van der Waals surface area contributed by atoms with Gasteiger partial charge in [0.25, 0.3) is 0 Å². The van der Waals surface area contributed by atoms with Crippen LogP contribution in [-0.2, 0) is 6.54 Å². The van der Waals surface area contributed by atoms with E-state index in [2.05, 4.69) is 67.5 Å². The first-order valence-corrected chi connectivity index (χ1v) is 6.63. The average Bonchev–Trinajstić information content (AvgIpc) is 2.79. The molecule has 0 atom stereocenters. The molecule has 1 aliphatic rings. The van der Waals surface area contributed by atoms with Gasteiger partial charge in [0.2, 0.25) is 0 Å². The monoisotopic (exact) mass is 250 g/mol. The highest BCUT2D eigenvalue weighted by Crippen LogP contribution is 2.24. The lowest BCUT2D eigenvalue weighted by molar-refractivity contribution is 1.11. The Morgan fingerprint density at radius 1 is 1.05 bits per heavy atom. The largest absolute Gasteiger partial charge is 0.340 e. The van der Waals surface area contributed by atoms with Gasteiger partial charge in [0.1, 0.15) is 5.84 Å². The second-order valence-electron chi connectivity index (χ2n) is 5.20. The summed E-state index contributed by atoms with van der Waals surface area (Å²) >= 11 is 0. The standard InChI is InChI=1S/C17H18N2/c1-11-8-12(2)13(3)16(9-11)19-17-15-7-5-4-6-14(15)10-18-17/h4-9H,10H2,1-3H3,(H,18,19). The molecule has 2 aromatic carbocycles. The molecule has 2 heteroatoms. The van der Waals surface area contributed by atoms with Crippen LogP contribution in [0.4, 0.5) is 5.69 Å². The number of nitrogens with one attached hydrogen (secondary N) is 1. The summed E-state index contributed by atoms with van der Waals surface area (Å²) in [5.74, 6) is 0.990. The van der Waals surface area contributed by atoms with Crippen LogP contribution in [0.5, 0.6) is 0 Å². The highest BCUT2D eigenvalue weighted by atomic mass is 15.0. The molecular weight excluding hydrogens is 232 g/mol. The zero-order valence-corrected chi connectivity index (χ0v) is 11.6. The lowest BCUT2D eigenvalue weighted by Crippen LogP contribution is -2.13. The highest BCUT2D eigenvalue weighted by molar-refractivity contribution is 6.11. The lowest BCUT2D eigenvalue weighted by atomic mass is 10.0. The third-order valence-corrected chi connectivity index (χ3v) is 3.74. The average molecular weight is 250 g/mol. The third kappa shape index (κ3) is 2.14. The molecular formula is C17H18N2. The Kier molecular flexibility index (Phi) is 2.86. The van der Waals surface area contributed by atoms with Crippen LogP contribution in [0.1, 0.15) is 27.8 Å². The number of nitrogens with zero attached hydrogens (tertiary/aromatic N) is 1. The fraction of sp³-hybridized carbons (Fsp3) is 0.235. The van der Waals surface area contributed by atoms with Crippen molar-refractivity contribution in [1.82, 2.24) is 0 Å². The third-order valence-electron chi connectivity index (χ3n) is 3.74. The predicted octanol–water partition coefficient (Wildman–Crippen LogP) is 3.98. The van der Waals surface area contributed by atoms with E-state index in [4.69, 9.17) is 0 Å². The van der Waals surface area contributed by atoms with E-state index < -0.39 is 0 Å². The molecule has 0 aliphatic carbocycles. The second kappa shape index (κ2) is 4.54. The number of hydrogen-bond acceptors (Lipinski definition) is 2. The summed E-state index contributed by atoms with van der Waals surface area (Å²) in [6, 6.07) is 12.8. The van der Waals surface area contributed by atoms with Gasteiger partial charge in [-0.25, -0.2) is 0 Å². The van der Waals surface area contributed by atoms with E-state index in [9.17, 15) is 0 Å². The predicted molar refractivity (Wildman–Crippen MR) is 81.0 cm³/mol. The van der Waals surface area contributed by atoms with Crippen molar-refractivity contribution in [3.05, 3.63) is 64.2 Å². The molecule has 1 N–H and O–H groups in total. The van der Waals surface area contributed by atoms with E-state index in [1.807, 2.05) is 0 Å². The minimum Gasteiger partial charge on any atom is -0.340 e. The van der Waals surface area contributed by atoms with Crippen LogP contribution in [0.15, 0.2) is 41.4 Å². The van der Waals surface area contributed by atoms with E-state index in [1.54, 1.807) is 0 Å². The zero-order valence-electron chi connectivity index (χ0n) is 11.6. The Bertz CT molecular complexity index is 669. The Hall–Kier alpha value is -2.09. The van der Waals surface area contributed by atoms with Crippen LogP contribution in [0, 0.1) is 20.8 Å². The van der Waals surface area contributed by atoms with Gasteiger partial charge in [-0.3, -0.25) is 4.99 Å². The summed E-state index contributed by atoms with van der Waals surface area (Å²) in [4.78, 5) is 4.60. The zero-order chi connectivity index (χ0) is 13.4. The molecule has 1 heterocycles. The molecule has 2 aromatic rings. The van der Waals surface area contributed by atoms with Gasteiger partial charge in [0.15, 0.2) is 0 Å². The van der Waals surface area contributed by atoms with Crippen LogP contribution in [0.25, 0.3) is 0 Å². The first kappa shape index (κ1) is 12.0. The highest BCUT2D eigenvalue weighted by Gasteiger charge is 2.15. The molecule has 0 amide bonds. The minimum absolute atomic E-state index is 0.780. The summed E-state index contributed by atoms with van der Waals surface area (Å²) in [7, 11) is 0. The van der Waals surface area contributed by atoms with Crippen molar-refractivity contribution in [2.75, 3.05) is 5.32 Å². The Balaban J connectivity index is 1.96. The van der Waals surface area contributed by atoms with Crippen molar-refractivity contribution in [3.63, 3.8) is 0 Å². The van der Waals surface area contributed by atoms with E-state index in [1.165, 1.54) is 27.8 Å². The SMILES string of the molecule is Cc1cc(C)c(C)c(NC2=NCc3ccccc32)c1. The number of aryl methyl sites for hydroxylation is 2. The van der Waals surface area contributed by atoms with Crippen molar-refractivity contribution in [1.29, 1.82) is 0 Å². The van der Waals surface area contributed by atoms with Crippen LogP contribution in [0.2, 0.25) is 0 Å². The molecule has 0 spiro atoms. The summed E-state index contributed by atoms with van der Waals surface area (Å²) in [5, 5.41) is 3.50. The topological polar surface area (TPSA) is 24.4 Å². The number of rotatable bonds is 1. The van der Waals surface area contributed by atoms with Crippen molar-refractivity contribution in [3.8, 4) is 0 Å². The number of amidine groups is 1. The fourth-order valence-corrected chi connectivity index (χ4v) is 2.54. The van der Waals surface area contributed by atoms with Crippen LogP contribution in [-0.4, -0.2) is 5.84 Å². The van der Waals surface area contributed by atoms with E-state index >= 15 is 0 Å². The van der Waals surface area contributed by atoms with Gasteiger partial charge in [0, 0.05) is 11.3 Å². The normalized spacial score (nSPS) is 13.1. The van der Waals surface area contributed by atoms with Crippen LogP contribution in [0.3, 0.4) is 0 Å². The van der Waals surface area contributed by atoms with Crippen molar-refractivity contribution in [2.24, 2.45) is 4.99 Å². The minimum atomic E-state index is 0.780. The number of aliphatic imine (C=N–C) groups is 1. The molecule has 2 nitrogen and oxygen atoms in total. The van der Waals surface area contributed by atoms with Gasteiger partial charge in [0.05, 0.1) is 6.54 Å². The molecule has 0 unspecified atom stereocenters. The fourth-order valence-electron chi connectivity index (χ4n) is 2.54. The van der Waals surface area contributed by atoms with Gasteiger partial charge in [-0.1, -0.05) is 30.3 Å². The van der Waals surface area contributed by atoms with Gasteiger partial charge in [-0.05, 0) is 49.1 Å². The summed E-state index contributed by atoms with van der Waals surface area (Å²) in [6.45, 7) is 7.21. The quantitative estimate of drug-likeness (QED) is 0.813. The number of benzene rings is 2. The second-order valence-corrected chi connectivity index (χ2v) is 5.20. The molecule has 19 heavy (non-hydrogen) atoms. The molecule has 0 saturated carbocycles. The Morgan fingerprint density at radius 3 is 2.68 bits per heavy atom. The van der Waals surface area contributed by atoms with E-state index in [0.717, 1.165) is 18.1 Å². The van der Waals surface area contributed by atoms with E-state index in [0.29, 0.717) is 0 Å². The van der Waals surface area contributed by atoms with Crippen molar-refractivity contribution in [2.45, 2.75) is 27.3 Å². The smallest absolute Gasteiger partial charge is 0.133 e. The van der Waals surface area contributed by atoms with Gasteiger partial charge in [-0.2, -0.15) is 0 Å².